The van der Waals surface area contributed by atoms with Gasteiger partial charge < -0.3 is 10.0 Å². The summed E-state index contributed by atoms with van der Waals surface area (Å²) in [5.41, 5.74) is 0.522. The van der Waals surface area contributed by atoms with E-state index in [0.29, 0.717) is 10.7 Å². The molecule has 1 N–H and O–H groups in total. The molecular formula is C8H8Cl3NO. The van der Waals surface area contributed by atoms with Crippen LogP contribution in [0.15, 0.2) is 6.07 Å². The van der Waals surface area contributed by atoms with Crippen molar-refractivity contribution in [2.75, 3.05) is 19.0 Å². The van der Waals surface area contributed by atoms with Crippen molar-refractivity contribution >= 4 is 40.5 Å². The standard InChI is InChI=1S/C8H8Cl3NO/c1-12(2)8-6(10)4(9)3-5(13)7(8)11/h3,13H,1-2H3. The molecule has 1 aromatic rings. The molecule has 0 unspecified atom stereocenters. The Kier molecular flexibility index (Phi) is 3.17. The lowest BCUT2D eigenvalue weighted by Gasteiger charge is -2.17. The lowest BCUT2D eigenvalue weighted by atomic mass is 10.3. The molecule has 0 spiro atoms. The predicted molar refractivity (Wildman–Crippen MR) is 57.5 cm³/mol. The minimum atomic E-state index is -0.0697. The van der Waals surface area contributed by atoms with Gasteiger partial charge in [-0.15, -0.1) is 0 Å². The molecule has 0 fully saturated rings. The molecule has 0 aliphatic heterocycles. The average molecular weight is 241 g/mol. The fourth-order valence-electron chi connectivity index (χ4n) is 0.970. The van der Waals surface area contributed by atoms with Crippen LogP contribution in [-0.4, -0.2) is 19.2 Å². The van der Waals surface area contributed by atoms with Gasteiger partial charge in [0.05, 0.1) is 15.7 Å². The summed E-state index contributed by atoms with van der Waals surface area (Å²) >= 11 is 17.5. The Bertz CT molecular complexity index is 312. The summed E-state index contributed by atoms with van der Waals surface area (Å²) in [5, 5.41) is 10.2. The van der Waals surface area contributed by atoms with Crippen LogP contribution in [0.2, 0.25) is 15.1 Å². The number of nitrogens with zero attached hydrogens (tertiary/aromatic N) is 1. The van der Waals surface area contributed by atoms with Crippen molar-refractivity contribution in [2.24, 2.45) is 0 Å². The van der Waals surface area contributed by atoms with Crippen LogP contribution < -0.4 is 4.90 Å². The topological polar surface area (TPSA) is 23.5 Å². The fourth-order valence-corrected chi connectivity index (χ4v) is 1.85. The van der Waals surface area contributed by atoms with Crippen molar-refractivity contribution in [3.05, 3.63) is 21.1 Å². The molecule has 1 aromatic carbocycles. The van der Waals surface area contributed by atoms with Gasteiger partial charge in [0.25, 0.3) is 0 Å². The first-order valence-corrected chi connectivity index (χ1v) is 4.62. The van der Waals surface area contributed by atoms with Gasteiger partial charge in [-0.05, 0) is 0 Å². The van der Waals surface area contributed by atoms with Gasteiger partial charge in [0.15, 0.2) is 0 Å². The number of hydrogen-bond acceptors (Lipinski definition) is 2. The van der Waals surface area contributed by atoms with E-state index in [-0.39, 0.29) is 15.8 Å². The molecule has 13 heavy (non-hydrogen) atoms. The highest BCUT2D eigenvalue weighted by molar-refractivity contribution is 6.46. The van der Waals surface area contributed by atoms with E-state index >= 15 is 0 Å². The molecule has 0 saturated heterocycles. The summed E-state index contributed by atoms with van der Waals surface area (Å²) in [7, 11) is 3.53. The zero-order chi connectivity index (χ0) is 10.2. The molecule has 5 heteroatoms. The van der Waals surface area contributed by atoms with Crippen LogP contribution in [0.25, 0.3) is 0 Å². The first kappa shape index (κ1) is 10.8. The Balaban J connectivity index is 3.46. The van der Waals surface area contributed by atoms with Gasteiger partial charge in [-0.25, -0.2) is 0 Å². The number of phenols is 1. The fraction of sp³-hybridized carbons (Fsp3) is 0.250. The van der Waals surface area contributed by atoms with E-state index in [1.54, 1.807) is 19.0 Å². The second-order valence-electron chi connectivity index (χ2n) is 2.75. The Labute approximate surface area is 91.6 Å². The van der Waals surface area contributed by atoms with Gasteiger partial charge in [0.1, 0.15) is 10.8 Å². The van der Waals surface area contributed by atoms with Gasteiger partial charge in [-0.3, -0.25) is 0 Å². The zero-order valence-electron chi connectivity index (χ0n) is 7.11. The van der Waals surface area contributed by atoms with Gasteiger partial charge in [0.2, 0.25) is 0 Å². The zero-order valence-corrected chi connectivity index (χ0v) is 9.37. The molecule has 0 aliphatic rings. The van der Waals surface area contributed by atoms with Crippen LogP contribution in [-0.2, 0) is 0 Å². The lowest BCUT2D eigenvalue weighted by Crippen LogP contribution is -2.10. The Morgan fingerprint density at radius 3 is 2.15 bits per heavy atom. The Morgan fingerprint density at radius 2 is 1.69 bits per heavy atom. The van der Waals surface area contributed by atoms with Crippen molar-refractivity contribution in [3.8, 4) is 5.75 Å². The molecule has 0 amide bonds. The van der Waals surface area contributed by atoms with Crippen molar-refractivity contribution in [2.45, 2.75) is 0 Å². The number of halogens is 3. The third-order valence-electron chi connectivity index (χ3n) is 1.56. The monoisotopic (exact) mass is 239 g/mol. The summed E-state index contributed by atoms with van der Waals surface area (Å²) in [5.74, 6) is -0.0697. The second kappa shape index (κ2) is 3.82. The summed E-state index contributed by atoms with van der Waals surface area (Å²) in [6.07, 6.45) is 0. The van der Waals surface area contributed by atoms with Crippen molar-refractivity contribution < 1.29 is 5.11 Å². The van der Waals surface area contributed by atoms with Crippen molar-refractivity contribution in [1.29, 1.82) is 0 Å². The molecule has 0 heterocycles. The summed E-state index contributed by atoms with van der Waals surface area (Å²) in [6.45, 7) is 0. The molecular weight excluding hydrogens is 232 g/mol. The van der Waals surface area contributed by atoms with E-state index in [2.05, 4.69) is 0 Å². The molecule has 2 nitrogen and oxygen atoms in total. The maximum atomic E-state index is 9.35. The van der Waals surface area contributed by atoms with Crippen LogP contribution in [0.4, 0.5) is 5.69 Å². The number of aromatic hydroxyl groups is 1. The van der Waals surface area contributed by atoms with E-state index in [4.69, 9.17) is 34.8 Å². The smallest absolute Gasteiger partial charge is 0.137 e. The molecule has 0 bridgehead atoms. The number of phenolic OH excluding ortho intramolecular Hbond substituents is 1. The molecule has 0 aliphatic carbocycles. The van der Waals surface area contributed by atoms with Crippen LogP contribution >= 0.6 is 34.8 Å². The highest BCUT2D eigenvalue weighted by atomic mass is 35.5. The van der Waals surface area contributed by atoms with Crippen LogP contribution in [0.5, 0.6) is 5.75 Å². The van der Waals surface area contributed by atoms with Gasteiger partial charge in [-0.1, -0.05) is 34.8 Å². The third kappa shape index (κ3) is 1.96. The molecule has 72 valence electrons. The molecule has 0 saturated carbocycles. The number of rotatable bonds is 1. The van der Waals surface area contributed by atoms with Gasteiger partial charge >= 0.3 is 0 Å². The average Bonchev–Trinajstić information content (AvgIpc) is 2.01. The summed E-state index contributed by atoms with van der Waals surface area (Å²) < 4.78 is 0. The molecule has 0 atom stereocenters. The number of hydrogen-bond donors (Lipinski definition) is 1. The molecule has 1 rings (SSSR count). The van der Waals surface area contributed by atoms with Crippen molar-refractivity contribution in [1.82, 2.24) is 0 Å². The minimum Gasteiger partial charge on any atom is -0.506 e. The summed E-state index contributed by atoms with van der Waals surface area (Å²) in [4.78, 5) is 1.69. The van der Waals surface area contributed by atoms with E-state index in [1.165, 1.54) is 6.07 Å². The van der Waals surface area contributed by atoms with Gasteiger partial charge in [0, 0.05) is 20.2 Å². The van der Waals surface area contributed by atoms with E-state index in [0.717, 1.165) is 0 Å². The molecule has 0 radical (unpaired) electrons. The minimum absolute atomic E-state index is 0.0697. The lowest BCUT2D eigenvalue weighted by molar-refractivity contribution is 0.475. The van der Waals surface area contributed by atoms with Crippen LogP contribution in [0, 0.1) is 0 Å². The first-order chi connectivity index (χ1) is 5.95. The Hall–Kier alpha value is -0.310. The maximum absolute atomic E-state index is 9.35. The third-order valence-corrected chi connectivity index (χ3v) is 2.71. The maximum Gasteiger partial charge on any atom is 0.137 e. The molecule has 0 aromatic heterocycles. The van der Waals surface area contributed by atoms with Gasteiger partial charge in [-0.2, -0.15) is 0 Å². The van der Waals surface area contributed by atoms with E-state index in [1.807, 2.05) is 0 Å². The van der Waals surface area contributed by atoms with Crippen molar-refractivity contribution in [3.63, 3.8) is 0 Å². The Morgan fingerprint density at radius 1 is 1.15 bits per heavy atom. The second-order valence-corrected chi connectivity index (χ2v) is 3.91. The predicted octanol–water partition coefficient (Wildman–Crippen LogP) is 3.42. The van der Waals surface area contributed by atoms with E-state index < -0.39 is 0 Å². The summed E-state index contributed by atoms with van der Waals surface area (Å²) in [6, 6.07) is 1.32. The number of anilines is 1. The van der Waals surface area contributed by atoms with Crippen LogP contribution in [0.1, 0.15) is 0 Å². The van der Waals surface area contributed by atoms with Crippen LogP contribution in [0.3, 0.4) is 0 Å². The first-order valence-electron chi connectivity index (χ1n) is 3.49. The number of benzene rings is 1. The quantitative estimate of drug-likeness (QED) is 0.760. The highest BCUT2D eigenvalue weighted by Crippen LogP contribution is 2.43. The highest BCUT2D eigenvalue weighted by Gasteiger charge is 2.15. The largest absolute Gasteiger partial charge is 0.506 e. The van der Waals surface area contributed by atoms with E-state index in [9.17, 15) is 5.11 Å². The SMILES string of the molecule is CN(C)c1c(Cl)c(O)cc(Cl)c1Cl. The normalized spacial score (nSPS) is 10.2.